The number of nitrogens with zero attached hydrogens (tertiary/aromatic N) is 4. The van der Waals surface area contributed by atoms with Gasteiger partial charge in [-0.05, 0) is 48.2 Å². The molecule has 0 bridgehead atoms. The highest BCUT2D eigenvalue weighted by atomic mass is 19.4. The summed E-state index contributed by atoms with van der Waals surface area (Å²) in [5.41, 5.74) is 0.365. The maximum Gasteiger partial charge on any atom is 0.416 e. The van der Waals surface area contributed by atoms with Crippen LogP contribution in [0.2, 0.25) is 0 Å². The summed E-state index contributed by atoms with van der Waals surface area (Å²) in [6, 6.07) is 9.87. The Balaban J connectivity index is 1.34. The molecule has 0 atom stereocenters. The Labute approximate surface area is 199 Å². The van der Waals surface area contributed by atoms with E-state index in [4.69, 9.17) is 9.47 Å². The molecule has 2 aliphatic heterocycles. The van der Waals surface area contributed by atoms with Crippen molar-refractivity contribution in [3.05, 3.63) is 70.8 Å². The predicted molar refractivity (Wildman–Crippen MR) is 119 cm³/mol. The zero-order valence-electron chi connectivity index (χ0n) is 19.0. The fourth-order valence-electron chi connectivity index (χ4n) is 4.78. The van der Waals surface area contributed by atoms with Gasteiger partial charge in [0.1, 0.15) is 17.9 Å². The smallest absolute Gasteiger partial charge is 0.416 e. The van der Waals surface area contributed by atoms with E-state index in [2.05, 4.69) is 10.2 Å². The van der Waals surface area contributed by atoms with E-state index in [1.54, 1.807) is 12.4 Å². The SMILES string of the molecule is Cn1cnnc1CC1(c2cccc(N3Cc4c(cc(OC5CC5)cc4C(F)(F)F)C3=O)c2)COC1. The lowest BCUT2D eigenvalue weighted by Crippen LogP contribution is -2.49. The van der Waals surface area contributed by atoms with Crippen molar-refractivity contribution in [1.82, 2.24) is 14.8 Å². The standard InChI is InChI=1S/C25H23F3N4O3/c1-31-14-29-30-22(31)10-24(12-34-13-24)15-3-2-4-16(7-15)32-11-20-19(23(32)33)8-18(35-17-5-6-17)9-21(20)25(26,27)28/h2-4,7-9,14,17H,5-6,10-13H2,1H3. The molecule has 1 amide bonds. The molecular weight excluding hydrogens is 461 g/mol. The number of hydrogen-bond donors (Lipinski definition) is 0. The van der Waals surface area contributed by atoms with E-state index >= 15 is 0 Å². The van der Waals surface area contributed by atoms with Crippen LogP contribution in [0.1, 0.15) is 45.7 Å². The summed E-state index contributed by atoms with van der Waals surface area (Å²) in [5.74, 6) is 0.439. The fraction of sp³-hybridized carbons (Fsp3) is 0.400. The Morgan fingerprint density at radius 2 is 2.00 bits per heavy atom. The van der Waals surface area contributed by atoms with Crippen LogP contribution in [-0.4, -0.2) is 40.0 Å². The highest BCUT2D eigenvalue weighted by molar-refractivity contribution is 6.10. The van der Waals surface area contributed by atoms with Gasteiger partial charge in [-0.2, -0.15) is 13.2 Å². The van der Waals surface area contributed by atoms with Crippen molar-refractivity contribution in [3.8, 4) is 5.75 Å². The third kappa shape index (κ3) is 3.85. The number of halogens is 3. The molecule has 7 nitrogen and oxygen atoms in total. The molecule has 3 aliphatic rings. The van der Waals surface area contributed by atoms with Crippen LogP contribution in [-0.2, 0) is 36.3 Å². The lowest BCUT2D eigenvalue weighted by atomic mass is 9.75. The maximum atomic E-state index is 13.9. The number of aryl methyl sites for hydroxylation is 1. The average Bonchev–Trinajstić information content (AvgIpc) is 3.42. The van der Waals surface area contributed by atoms with Crippen molar-refractivity contribution >= 4 is 11.6 Å². The Bertz CT molecular complexity index is 1310. The van der Waals surface area contributed by atoms with Crippen LogP contribution in [0.15, 0.2) is 42.7 Å². The summed E-state index contributed by atoms with van der Waals surface area (Å²) in [4.78, 5) is 14.7. The number of carbonyl (C=O) groups is 1. The number of alkyl halides is 3. The van der Waals surface area contributed by atoms with Crippen molar-refractivity contribution < 1.29 is 27.4 Å². The van der Waals surface area contributed by atoms with Crippen LogP contribution < -0.4 is 9.64 Å². The molecule has 2 fully saturated rings. The monoisotopic (exact) mass is 484 g/mol. The highest BCUT2D eigenvalue weighted by Gasteiger charge is 2.44. The molecule has 2 aromatic carbocycles. The molecular formula is C25H23F3N4O3. The number of anilines is 1. The van der Waals surface area contributed by atoms with Gasteiger partial charge in [0, 0.05) is 30.1 Å². The lowest BCUT2D eigenvalue weighted by Gasteiger charge is -2.42. The Morgan fingerprint density at radius 1 is 1.20 bits per heavy atom. The molecule has 0 spiro atoms. The fourth-order valence-corrected chi connectivity index (χ4v) is 4.78. The van der Waals surface area contributed by atoms with Crippen LogP contribution in [0.3, 0.4) is 0 Å². The molecule has 35 heavy (non-hydrogen) atoms. The Hall–Kier alpha value is -3.40. The average molecular weight is 484 g/mol. The van der Waals surface area contributed by atoms with Crippen molar-refractivity contribution in [1.29, 1.82) is 0 Å². The third-order valence-electron chi connectivity index (χ3n) is 6.98. The van der Waals surface area contributed by atoms with Crippen molar-refractivity contribution in [2.75, 3.05) is 18.1 Å². The van der Waals surface area contributed by atoms with E-state index in [1.807, 2.05) is 29.8 Å². The van der Waals surface area contributed by atoms with Crippen LogP contribution in [0, 0.1) is 0 Å². The van der Waals surface area contributed by atoms with E-state index in [0.717, 1.165) is 30.3 Å². The molecule has 1 saturated carbocycles. The summed E-state index contributed by atoms with van der Waals surface area (Å²) < 4.78 is 54.7. The van der Waals surface area contributed by atoms with Gasteiger partial charge < -0.3 is 18.9 Å². The predicted octanol–water partition coefficient (Wildman–Crippen LogP) is 4.05. The van der Waals surface area contributed by atoms with Crippen LogP contribution in [0.4, 0.5) is 18.9 Å². The molecule has 3 heterocycles. The zero-order valence-corrected chi connectivity index (χ0v) is 19.0. The first-order valence-corrected chi connectivity index (χ1v) is 11.5. The van der Waals surface area contributed by atoms with Gasteiger partial charge >= 0.3 is 6.18 Å². The van der Waals surface area contributed by atoms with Crippen molar-refractivity contribution in [2.24, 2.45) is 7.05 Å². The summed E-state index contributed by atoms with van der Waals surface area (Å²) >= 11 is 0. The molecule has 10 heteroatoms. The van der Waals surface area contributed by atoms with Gasteiger partial charge in [-0.25, -0.2) is 0 Å². The largest absolute Gasteiger partial charge is 0.490 e. The number of carbonyl (C=O) groups excluding carboxylic acids is 1. The number of fused-ring (bicyclic) bond motifs is 1. The Morgan fingerprint density at radius 3 is 2.63 bits per heavy atom. The van der Waals surface area contributed by atoms with Crippen LogP contribution in [0.5, 0.6) is 5.75 Å². The number of aromatic nitrogens is 3. The maximum absolute atomic E-state index is 13.9. The van der Waals surface area contributed by atoms with Gasteiger partial charge in [-0.3, -0.25) is 4.79 Å². The second-order valence-corrected chi connectivity index (χ2v) is 9.56. The summed E-state index contributed by atoms with van der Waals surface area (Å²) in [6.07, 6.45) is -0.807. The summed E-state index contributed by atoms with van der Waals surface area (Å²) in [7, 11) is 1.87. The number of benzene rings is 2. The summed E-state index contributed by atoms with van der Waals surface area (Å²) in [6.45, 7) is 0.818. The van der Waals surface area contributed by atoms with E-state index < -0.39 is 17.6 Å². The zero-order chi connectivity index (χ0) is 24.4. The van der Waals surface area contributed by atoms with Crippen molar-refractivity contribution in [2.45, 2.75) is 43.5 Å². The molecule has 0 unspecified atom stereocenters. The first-order valence-electron chi connectivity index (χ1n) is 11.5. The summed E-state index contributed by atoms with van der Waals surface area (Å²) in [5, 5.41) is 8.13. The van der Waals surface area contributed by atoms with E-state index in [-0.39, 0.29) is 34.9 Å². The number of rotatable bonds is 6. The molecule has 3 aromatic rings. The highest BCUT2D eigenvalue weighted by Crippen LogP contribution is 2.43. The first kappa shape index (κ1) is 22.1. The van der Waals surface area contributed by atoms with Gasteiger partial charge in [0.25, 0.3) is 5.91 Å². The van der Waals surface area contributed by atoms with E-state index in [0.29, 0.717) is 25.3 Å². The second-order valence-electron chi connectivity index (χ2n) is 9.56. The van der Waals surface area contributed by atoms with E-state index in [9.17, 15) is 18.0 Å². The van der Waals surface area contributed by atoms with Gasteiger partial charge in [0.15, 0.2) is 0 Å². The van der Waals surface area contributed by atoms with Gasteiger partial charge in [0.2, 0.25) is 0 Å². The van der Waals surface area contributed by atoms with Crippen LogP contribution >= 0.6 is 0 Å². The molecule has 0 radical (unpaired) electrons. The molecule has 0 N–H and O–H groups in total. The molecule has 1 aromatic heterocycles. The van der Waals surface area contributed by atoms with Crippen LogP contribution in [0.25, 0.3) is 0 Å². The number of hydrogen-bond acceptors (Lipinski definition) is 5. The minimum absolute atomic E-state index is 0.0168. The van der Waals surface area contributed by atoms with E-state index in [1.165, 1.54) is 11.0 Å². The first-order chi connectivity index (χ1) is 16.7. The second kappa shape index (κ2) is 7.81. The third-order valence-corrected chi connectivity index (χ3v) is 6.98. The van der Waals surface area contributed by atoms with Gasteiger partial charge in [-0.1, -0.05) is 12.1 Å². The molecule has 6 rings (SSSR count). The quantitative estimate of drug-likeness (QED) is 0.528. The lowest BCUT2D eigenvalue weighted by molar-refractivity contribution is -0.138. The minimum atomic E-state index is -4.59. The molecule has 1 saturated heterocycles. The van der Waals surface area contributed by atoms with Gasteiger partial charge in [0.05, 0.1) is 31.4 Å². The molecule has 182 valence electrons. The number of amides is 1. The minimum Gasteiger partial charge on any atom is -0.490 e. The van der Waals surface area contributed by atoms with Gasteiger partial charge in [-0.15, -0.1) is 10.2 Å². The number of ether oxygens (including phenoxy) is 2. The topological polar surface area (TPSA) is 69.5 Å². The Kier molecular flexibility index (Phi) is 4.93. The molecule has 1 aliphatic carbocycles. The normalized spacial score (nSPS) is 19.0. The van der Waals surface area contributed by atoms with Crippen molar-refractivity contribution in [3.63, 3.8) is 0 Å².